The van der Waals surface area contributed by atoms with Crippen molar-refractivity contribution in [2.24, 2.45) is 11.1 Å². The zero-order chi connectivity index (χ0) is 8.32. The predicted molar refractivity (Wildman–Crippen MR) is 49.2 cm³/mol. The zero-order valence-electron chi connectivity index (χ0n) is 7.17. The normalized spacial score (nSPS) is 29.9. The van der Waals surface area contributed by atoms with Gasteiger partial charge in [-0.2, -0.15) is 0 Å². The fourth-order valence-corrected chi connectivity index (χ4v) is 0.989. The van der Waals surface area contributed by atoms with E-state index in [1.165, 1.54) is 5.57 Å². The summed E-state index contributed by atoms with van der Waals surface area (Å²) in [5.74, 6) is 0. The molecular weight excluding hydrogens is 134 g/mol. The smallest absolute Gasteiger partial charge is 0.0162 e. The van der Waals surface area contributed by atoms with Crippen molar-refractivity contribution in [3.05, 3.63) is 36.0 Å². The molecular formula is C10H15N. The highest BCUT2D eigenvalue weighted by Gasteiger charge is 2.14. The van der Waals surface area contributed by atoms with E-state index in [9.17, 15) is 0 Å². The summed E-state index contributed by atoms with van der Waals surface area (Å²) in [5.41, 5.74) is 6.95. The lowest BCUT2D eigenvalue weighted by molar-refractivity contribution is 0.567. The van der Waals surface area contributed by atoms with Gasteiger partial charge in [-0.3, -0.25) is 0 Å². The second-order valence-corrected chi connectivity index (χ2v) is 3.31. The summed E-state index contributed by atoms with van der Waals surface area (Å²) in [7, 11) is 0. The number of hydrogen-bond donors (Lipinski definition) is 1. The average Bonchev–Trinajstić information content (AvgIpc) is 2.15. The first-order valence-electron chi connectivity index (χ1n) is 3.92. The number of allylic oxidation sites excluding steroid dienone is 4. The second kappa shape index (κ2) is 3.05. The van der Waals surface area contributed by atoms with E-state index in [-0.39, 0.29) is 5.41 Å². The highest BCUT2D eigenvalue weighted by atomic mass is 14.6. The van der Waals surface area contributed by atoms with Crippen molar-refractivity contribution >= 4 is 0 Å². The summed E-state index contributed by atoms with van der Waals surface area (Å²) in [5, 5.41) is 0. The molecule has 0 aliphatic heterocycles. The molecule has 2 N–H and O–H groups in total. The molecule has 0 amide bonds. The first-order valence-corrected chi connectivity index (χ1v) is 3.92. The van der Waals surface area contributed by atoms with Crippen LogP contribution in [0.1, 0.15) is 13.8 Å². The van der Waals surface area contributed by atoms with Gasteiger partial charge in [0.15, 0.2) is 0 Å². The third-order valence-corrected chi connectivity index (χ3v) is 2.00. The molecule has 0 aromatic rings. The Morgan fingerprint density at radius 3 is 2.82 bits per heavy atom. The van der Waals surface area contributed by atoms with E-state index in [0.29, 0.717) is 6.54 Å². The topological polar surface area (TPSA) is 26.0 Å². The summed E-state index contributed by atoms with van der Waals surface area (Å²) in [6.07, 6.45) is 10.6. The van der Waals surface area contributed by atoms with Gasteiger partial charge in [-0.05, 0) is 6.92 Å². The van der Waals surface area contributed by atoms with Gasteiger partial charge in [0.05, 0.1) is 0 Å². The summed E-state index contributed by atoms with van der Waals surface area (Å²) in [6.45, 7) is 4.89. The molecule has 1 nitrogen and oxygen atoms in total. The number of nitrogens with two attached hydrogens (primary N) is 1. The fourth-order valence-electron chi connectivity index (χ4n) is 0.989. The minimum Gasteiger partial charge on any atom is -0.329 e. The molecule has 0 radical (unpaired) electrons. The monoisotopic (exact) mass is 149 g/mol. The molecule has 1 heteroatoms. The maximum Gasteiger partial charge on any atom is 0.0162 e. The van der Waals surface area contributed by atoms with Crippen molar-refractivity contribution in [1.82, 2.24) is 0 Å². The van der Waals surface area contributed by atoms with Crippen molar-refractivity contribution in [1.29, 1.82) is 0 Å². The average molecular weight is 149 g/mol. The Bertz CT molecular complexity index is 223. The van der Waals surface area contributed by atoms with Crippen LogP contribution in [0.2, 0.25) is 0 Å². The Morgan fingerprint density at radius 2 is 2.18 bits per heavy atom. The lowest BCUT2D eigenvalue weighted by Gasteiger charge is -2.17. The Labute approximate surface area is 68.3 Å². The van der Waals surface area contributed by atoms with Gasteiger partial charge in [0.1, 0.15) is 0 Å². The van der Waals surface area contributed by atoms with Crippen molar-refractivity contribution in [2.75, 3.05) is 6.54 Å². The van der Waals surface area contributed by atoms with E-state index in [4.69, 9.17) is 5.73 Å². The van der Waals surface area contributed by atoms with Crippen molar-refractivity contribution in [3.63, 3.8) is 0 Å². The molecule has 0 aromatic heterocycles. The first-order chi connectivity index (χ1) is 5.16. The van der Waals surface area contributed by atoms with Gasteiger partial charge < -0.3 is 5.73 Å². The summed E-state index contributed by atoms with van der Waals surface area (Å²) in [4.78, 5) is 0. The Hall–Kier alpha value is -0.820. The molecule has 0 heterocycles. The molecule has 0 saturated carbocycles. The van der Waals surface area contributed by atoms with Gasteiger partial charge >= 0.3 is 0 Å². The lowest BCUT2D eigenvalue weighted by atomic mass is 9.90. The van der Waals surface area contributed by atoms with E-state index in [0.717, 1.165) is 0 Å². The third kappa shape index (κ3) is 2.05. The molecule has 1 atom stereocenters. The highest BCUT2D eigenvalue weighted by Crippen LogP contribution is 2.21. The Morgan fingerprint density at radius 1 is 1.45 bits per heavy atom. The Kier molecular flexibility index (Phi) is 2.30. The standard InChI is InChI=1S/C10H15N/c1-9-4-3-6-10(2,8-11)7-5-9/h3-7H,8,11H2,1-2H3. The van der Waals surface area contributed by atoms with Crippen LogP contribution in [-0.2, 0) is 0 Å². The van der Waals surface area contributed by atoms with Crippen LogP contribution in [0.15, 0.2) is 36.0 Å². The van der Waals surface area contributed by atoms with E-state index >= 15 is 0 Å². The van der Waals surface area contributed by atoms with Gasteiger partial charge in [-0.15, -0.1) is 0 Å². The van der Waals surface area contributed by atoms with Crippen molar-refractivity contribution in [3.8, 4) is 0 Å². The molecule has 0 bridgehead atoms. The maximum absolute atomic E-state index is 5.63. The summed E-state index contributed by atoms with van der Waals surface area (Å²) >= 11 is 0. The molecule has 0 spiro atoms. The van der Waals surface area contributed by atoms with Crippen molar-refractivity contribution < 1.29 is 0 Å². The maximum atomic E-state index is 5.63. The highest BCUT2D eigenvalue weighted by molar-refractivity contribution is 5.30. The van der Waals surface area contributed by atoms with Gasteiger partial charge in [-0.25, -0.2) is 0 Å². The van der Waals surface area contributed by atoms with Gasteiger partial charge in [-0.1, -0.05) is 42.9 Å². The van der Waals surface area contributed by atoms with E-state index in [1.54, 1.807) is 0 Å². The first kappa shape index (κ1) is 8.28. The minimum absolute atomic E-state index is 0.0499. The van der Waals surface area contributed by atoms with Crippen molar-refractivity contribution in [2.45, 2.75) is 13.8 Å². The van der Waals surface area contributed by atoms with Crippen LogP contribution in [-0.4, -0.2) is 6.54 Å². The zero-order valence-corrected chi connectivity index (χ0v) is 7.17. The molecule has 1 rings (SSSR count). The predicted octanol–water partition coefficient (Wildman–Crippen LogP) is 2.02. The van der Waals surface area contributed by atoms with Gasteiger partial charge in [0.25, 0.3) is 0 Å². The summed E-state index contributed by atoms with van der Waals surface area (Å²) in [6, 6.07) is 0. The van der Waals surface area contributed by atoms with E-state index in [1.807, 2.05) is 0 Å². The fraction of sp³-hybridized carbons (Fsp3) is 0.400. The van der Waals surface area contributed by atoms with E-state index in [2.05, 4.69) is 44.2 Å². The van der Waals surface area contributed by atoms with Crippen LogP contribution < -0.4 is 5.73 Å². The molecule has 11 heavy (non-hydrogen) atoms. The van der Waals surface area contributed by atoms with Crippen LogP contribution in [0.3, 0.4) is 0 Å². The van der Waals surface area contributed by atoms with E-state index < -0.39 is 0 Å². The van der Waals surface area contributed by atoms with Crippen LogP contribution in [0.25, 0.3) is 0 Å². The molecule has 1 unspecified atom stereocenters. The third-order valence-electron chi connectivity index (χ3n) is 2.00. The van der Waals surface area contributed by atoms with Crippen LogP contribution in [0, 0.1) is 5.41 Å². The van der Waals surface area contributed by atoms with Gasteiger partial charge in [0.2, 0.25) is 0 Å². The minimum atomic E-state index is 0.0499. The lowest BCUT2D eigenvalue weighted by Crippen LogP contribution is -2.21. The van der Waals surface area contributed by atoms with Crippen LogP contribution in [0.5, 0.6) is 0 Å². The molecule has 0 aromatic carbocycles. The molecule has 1 aliphatic carbocycles. The number of rotatable bonds is 1. The largest absolute Gasteiger partial charge is 0.329 e. The quantitative estimate of drug-likeness (QED) is 0.606. The molecule has 0 saturated heterocycles. The van der Waals surface area contributed by atoms with Gasteiger partial charge in [0, 0.05) is 12.0 Å². The van der Waals surface area contributed by atoms with Crippen LogP contribution >= 0.6 is 0 Å². The summed E-state index contributed by atoms with van der Waals surface area (Å²) < 4.78 is 0. The Balaban J connectivity index is 2.86. The molecule has 0 fully saturated rings. The second-order valence-electron chi connectivity index (χ2n) is 3.31. The number of hydrogen-bond acceptors (Lipinski definition) is 1. The molecule has 60 valence electrons. The SMILES string of the molecule is CC1=CC=CC(C)(CN)C=C1. The van der Waals surface area contributed by atoms with Crippen LogP contribution in [0.4, 0.5) is 0 Å². The molecule has 1 aliphatic rings.